The fourth-order valence-corrected chi connectivity index (χ4v) is 4.74. The van der Waals surface area contributed by atoms with Crippen LogP contribution in [0.25, 0.3) is 0 Å². The third-order valence-electron chi connectivity index (χ3n) is 6.62. The van der Waals surface area contributed by atoms with E-state index in [0.29, 0.717) is 32.6 Å². The molecular formula is C21H27FN4O3. The molecule has 0 radical (unpaired) electrons. The van der Waals surface area contributed by atoms with E-state index in [1.54, 1.807) is 17.0 Å². The van der Waals surface area contributed by atoms with Crippen LogP contribution in [0.5, 0.6) is 0 Å². The summed E-state index contributed by atoms with van der Waals surface area (Å²) in [6.45, 7) is 4.03. The minimum Gasteiger partial charge on any atom is -0.368 e. The van der Waals surface area contributed by atoms with Crippen LogP contribution in [0.1, 0.15) is 32.6 Å². The van der Waals surface area contributed by atoms with Crippen LogP contribution < -0.4 is 10.2 Å². The summed E-state index contributed by atoms with van der Waals surface area (Å²) in [5.74, 6) is -0.672. The number of halogens is 1. The third-order valence-corrected chi connectivity index (χ3v) is 6.62. The number of rotatable bonds is 3. The van der Waals surface area contributed by atoms with Crippen molar-refractivity contribution in [1.82, 2.24) is 15.1 Å². The number of piperazine rings is 1. The summed E-state index contributed by atoms with van der Waals surface area (Å²) in [6.07, 6.45) is 3.51. The molecule has 29 heavy (non-hydrogen) atoms. The second kappa shape index (κ2) is 7.65. The molecule has 2 atom stereocenters. The summed E-state index contributed by atoms with van der Waals surface area (Å²) in [5, 5.41) is 2.89. The Morgan fingerprint density at radius 3 is 2.48 bits per heavy atom. The van der Waals surface area contributed by atoms with Gasteiger partial charge in [0.2, 0.25) is 5.91 Å². The SMILES string of the molecule is C[C@@H]1CCCC[C@@]12NC(=O)N(CC(=O)N1CCN(c3ccc(F)cc3)CC1)C2=O. The molecule has 4 rings (SSSR count). The molecule has 2 saturated heterocycles. The highest BCUT2D eigenvalue weighted by Gasteiger charge is 2.55. The van der Waals surface area contributed by atoms with E-state index in [2.05, 4.69) is 10.2 Å². The van der Waals surface area contributed by atoms with Gasteiger partial charge < -0.3 is 15.1 Å². The molecule has 3 fully saturated rings. The number of hydrogen-bond acceptors (Lipinski definition) is 4. The largest absolute Gasteiger partial charge is 0.368 e. The van der Waals surface area contributed by atoms with Crippen LogP contribution in [0, 0.1) is 11.7 Å². The van der Waals surface area contributed by atoms with Crippen LogP contribution in [-0.4, -0.2) is 65.9 Å². The molecular weight excluding hydrogens is 375 g/mol. The van der Waals surface area contributed by atoms with Gasteiger partial charge in [-0.05, 0) is 43.0 Å². The lowest BCUT2D eigenvalue weighted by Gasteiger charge is -2.37. The van der Waals surface area contributed by atoms with Crippen molar-refractivity contribution in [3.05, 3.63) is 30.1 Å². The monoisotopic (exact) mass is 402 g/mol. The van der Waals surface area contributed by atoms with Gasteiger partial charge in [-0.1, -0.05) is 19.8 Å². The number of nitrogens with zero attached hydrogens (tertiary/aromatic N) is 3. The Kier molecular flexibility index (Phi) is 5.19. The third kappa shape index (κ3) is 3.56. The Morgan fingerprint density at radius 2 is 1.83 bits per heavy atom. The molecule has 156 valence electrons. The van der Waals surface area contributed by atoms with Crippen LogP contribution in [0.15, 0.2) is 24.3 Å². The van der Waals surface area contributed by atoms with Crippen LogP contribution in [0.4, 0.5) is 14.9 Å². The van der Waals surface area contributed by atoms with Crippen molar-refractivity contribution >= 4 is 23.5 Å². The van der Waals surface area contributed by atoms with Gasteiger partial charge in [0, 0.05) is 31.9 Å². The van der Waals surface area contributed by atoms with E-state index in [-0.39, 0.29) is 30.1 Å². The van der Waals surface area contributed by atoms with Gasteiger partial charge >= 0.3 is 6.03 Å². The van der Waals surface area contributed by atoms with Crippen molar-refractivity contribution in [1.29, 1.82) is 0 Å². The number of carbonyl (C=O) groups excluding carboxylic acids is 3. The summed E-state index contributed by atoms with van der Waals surface area (Å²) in [7, 11) is 0. The first-order valence-electron chi connectivity index (χ1n) is 10.3. The number of hydrogen-bond donors (Lipinski definition) is 1. The molecule has 1 aromatic rings. The second-order valence-electron chi connectivity index (χ2n) is 8.28. The van der Waals surface area contributed by atoms with E-state index in [0.717, 1.165) is 29.8 Å². The lowest BCUT2D eigenvalue weighted by molar-refractivity contribution is -0.140. The second-order valence-corrected chi connectivity index (χ2v) is 8.28. The zero-order valence-corrected chi connectivity index (χ0v) is 16.7. The van der Waals surface area contributed by atoms with Gasteiger partial charge in [-0.25, -0.2) is 9.18 Å². The fourth-order valence-electron chi connectivity index (χ4n) is 4.74. The Hall–Kier alpha value is -2.64. The highest BCUT2D eigenvalue weighted by atomic mass is 19.1. The first-order chi connectivity index (χ1) is 13.9. The predicted molar refractivity (Wildman–Crippen MR) is 106 cm³/mol. The summed E-state index contributed by atoms with van der Waals surface area (Å²) in [4.78, 5) is 43.1. The lowest BCUT2D eigenvalue weighted by atomic mass is 9.73. The van der Waals surface area contributed by atoms with Gasteiger partial charge in [-0.15, -0.1) is 0 Å². The summed E-state index contributed by atoms with van der Waals surface area (Å²) < 4.78 is 13.1. The predicted octanol–water partition coefficient (Wildman–Crippen LogP) is 1.97. The quantitative estimate of drug-likeness (QED) is 0.785. The van der Waals surface area contributed by atoms with E-state index in [1.165, 1.54) is 12.1 Å². The molecule has 2 heterocycles. The number of amides is 4. The van der Waals surface area contributed by atoms with Gasteiger partial charge in [0.15, 0.2) is 0 Å². The lowest BCUT2D eigenvalue weighted by Crippen LogP contribution is -2.55. The molecule has 0 aromatic heterocycles. The summed E-state index contributed by atoms with van der Waals surface area (Å²) in [6, 6.07) is 5.84. The van der Waals surface area contributed by atoms with Crippen molar-refractivity contribution in [3.63, 3.8) is 0 Å². The average molecular weight is 402 g/mol. The minimum atomic E-state index is -0.836. The van der Waals surface area contributed by atoms with Crippen molar-refractivity contribution in [2.45, 2.75) is 38.1 Å². The number of anilines is 1. The van der Waals surface area contributed by atoms with Gasteiger partial charge in [-0.3, -0.25) is 14.5 Å². The molecule has 7 nitrogen and oxygen atoms in total. The van der Waals surface area contributed by atoms with Crippen molar-refractivity contribution in [2.75, 3.05) is 37.6 Å². The Balaban J connectivity index is 1.36. The highest BCUT2D eigenvalue weighted by molar-refractivity contribution is 6.09. The maximum absolute atomic E-state index is 13.1. The fraction of sp³-hybridized carbons (Fsp3) is 0.571. The molecule has 0 bridgehead atoms. The molecule has 1 aromatic carbocycles. The van der Waals surface area contributed by atoms with Gasteiger partial charge in [-0.2, -0.15) is 0 Å². The highest BCUT2D eigenvalue weighted by Crippen LogP contribution is 2.38. The molecule has 4 amide bonds. The minimum absolute atomic E-state index is 0.0760. The van der Waals surface area contributed by atoms with E-state index < -0.39 is 11.6 Å². The average Bonchev–Trinajstić information content (AvgIpc) is 2.96. The molecule has 8 heteroatoms. The van der Waals surface area contributed by atoms with Crippen molar-refractivity contribution in [3.8, 4) is 0 Å². The van der Waals surface area contributed by atoms with E-state index in [9.17, 15) is 18.8 Å². The topological polar surface area (TPSA) is 73.0 Å². The molecule has 1 aliphatic carbocycles. The maximum Gasteiger partial charge on any atom is 0.325 e. The first kappa shape index (κ1) is 19.7. The number of urea groups is 1. The molecule has 1 spiro atoms. The van der Waals surface area contributed by atoms with E-state index >= 15 is 0 Å². The number of benzene rings is 1. The first-order valence-corrected chi connectivity index (χ1v) is 10.3. The smallest absolute Gasteiger partial charge is 0.325 e. The van der Waals surface area contributed by atoms with Gasteiger partial charge in [0.05, 0.1) is 0 Å². The summed E-state index contributed by atoms with van der Waals surface area (Å²) >= 11 is 0. The number of carbonyl (C=O) groups is 3. The Labute approximate surface area is 169 Å². The number of imide groups is 1. The zero-order valence-electron chi connectivity index (χ0n) is 16.7. The molecule has 2 aliphatic heterocycles. The zero-order chi connectivity index (χ0) is 20.6. The van der Waals surface area contributed by atoms with Gasteiger partial charge in [0.1, 0.15) is 17.9 Å². The molecule has 3 aliphatic rings. The van der Waals surface area contributed by atoms with Gasteiger partial charge in [0.25, 0.3) is 5.91 Å². The molecule has 1 N–H and O–H groups in total. The summed E-state index contributed by atoms with van der Waals surface area (Å²) in [5.41, 5.74) is 0.0810. The Bertz CT molecular complexity index is 807. The molecule has 1 saturated carbocycles. The van der Waals surface area contributed by atoms with Crippen LogP contribution in [-0.2, 0) is 9.59 Å². The van der Waals surface area contributed by atoms with Crippen LogP contribution >= 0.6 is 0 Å². The van der Waals surface area contributed by atoms with E-state index in [4.69, 9.17) is 0 Å². The maximum atomic E-state index is 13.1. The van der Waals surface area contributed by atoms with E-state index in [1.807, 2.05) is 6.92 Å². The van der Waals surface area contributed by atoms with Crippen LogP contribution in [0.3, 0.4) is 0 Å². The number of nitrogens with one attached hydrogen (secondary N) is 1. The van der Waals surface area contributed by atoms with Crippen molar-refractivity contribution < 1.29 is 18.8 Å². The Morgan fingerprint density at radius 1 is 1.14 bits per heavy atom. The van der Waals surface area contributed by atoms with Crippen LogP contribution in [0.2, 0.25) is 0 Å². The standard InChI is InChI=1S/C21H27FN4O3/c1-15-4-2-3-9-21(15)19(28)26(20(29)23-21)14-18(27)25-12-10-24(11-13-25)17-7-5-16(22)6-8-17/h5-8,15H,2-4,9-14H2,1H3,(H,23,29)/t15-,21-/m1/s1. The molecule has 0 unspecified atom stereocenters. The normalized spacial score (nSPS) is 27.5. The van der Waals surface area contributed by atoms with Crippen molar-refractivity contribution in [2.24, 2.45) is 5.92 Å².